The number of piperidine rings is 2. The molecule has 0 aliphatic carbocycles. The SMILES string of the molecule is CC1CCCC(C)N1C(=O)C1CCN(c2cc(F)cc(F)c2)CC1. The third-order valence-electron chi connectivity index (χ3n) is 5.50. The highest BCUT2D eigenvalue weighted by Gasteiger charge is 2.35. The van der Waals surface area contributed by atoms with Crippen LogP contribution in [0.2, 0.25) is 0 Å². The predicted molar refractivity (Wildman–Crippen MR) is 90.9 cm³/mol. The second kappa shape index (κ2) is 7.08. The van der Waals surface area contributed by atoms with Crippen molar-refractivity contribution < 1.29 is 13.6 Å². The summed E-state index contributed by atoms with van der Waals surface area (Å²) in [7, 11) is 0. The average molecular weight is 336 g/mol. The molecule has 2 aliphatic rings. The Kier molecular flexibility index (Phi) is 5.07. The standard InChI is InChI=1S/C19H26F2N2O/c1-13-4-3-5-14(2)23(13)19(24)15-6-8-22(9-7-15)18-11-16(20)10-17(21)12-18/h10-15H,3-9H2,1-2H3. The lowest BCUT2D eigenvalue weighted by molar-refractivity contribution is -0.142. The summed E-state index contributed by atoms with van der Waals surface area (Å²) in [4.78, 5) is 17.0. The summed E-state index contributed by atoms with van der Waals surface area (Å²) in [6.07, 6.45) is 4.84. The molecular formula is C19H26F2N2O. The Morgan fingerprint density at radius 3 is 2.04 bits per heavy atom. The molecule has 1 aromatic carbocycles. The Hall–Kier alpha value is -1.65. The van der Waals surface area contributed by atoms with Gasteiger partial charge in [-0.15, -0.1) is 0 Å². The van der Waals surface area contributed by atoms with Crippen LogP contribution in [0, 0.1) is 17.6 Å². The summed E-state index contributed by atoms with van der Waals surface area (Å²) in [6.45, 7) is 5.60. The minimum absolute atomic E-state index is 0.0302. The maximum Gasteiger partial charge on any atom is 0.226 e. The van der Waals surface area contributed by atoms with E-state index in [2.05, 4.69) is 18.7 Å². The van der Waals surface area contributed by atoms with Gasteiger partial charge in [-0.05, 0) is 58.1 Å². The van der Waals surface area contributed by atoms with Crippen molar-refractivity contribution in [1.29, 1.82) is 0 Å². The zero-order chi connectivity index (χ0) is 17.3. The van der Waals surface area contributed by atoms with E-state index in [1.54, 1.807) is 0 Å². The van der Waals surface area contributed by atoms with Crippen LogP contribution >= 0.6 is 0 Å². The smallest absolute Gasteiger partial charge is 0.226 e. The van der Waals surface area contributed by atoms with Gasteiger partial charge in [0.05, 0.1) is 0 Å². The number of likely N-dealkylation sites (tertiary alicyclic amines) is 1. The van der Waals surface area contributed by atoms with Crippen LogP contribution in [0.1, 0.15) is 46.0 Å². The summed E-state index contributed by atoms with van der Waals surface area (Å²) in [6, 6.07) is 4.24. The number of hydrogen-bond donors (Lipinski definition) is 0. The number of hydrogen-bond acceptors (Lipinski definition) is 2. The molecule has 2 aliphatic heterocycles. The minimum atomic E-state index is -0.556. The van der Waals surface area contributed by atoms with Gasteiger partial charge in [0.15, 0.2) is 0 Å². The first-order valence-corrected chi connectivity index (χ1v) is 8.99. The van der Waals surface area contributed by atoms with E-state index in [0.717, 1.165) is 31.7 Å². The van der Waals surface area contributed by atoms with Gasteiger partial charge >= 0.3 is 0 Å². The first kappa shape index (κ1) is 17.2. The molecule has 0 saturated carbocycles. The maximum absolute atomic E-state index is 13.4. The summed E-state index contributed by atoms with van der Waals surface area (Å²) < 4.78 is 26.8. The second-order valence-electron chi connectivity index (χ2n) is 7.26. The summed E-state index contributed by atoms with van der Waals surface area (Å²) in [5, 5.41) is 0. The van der Waals surface area contributed by atoms with E-state index >= 15 is 0 Å². The van der Waals surface area contributed by atoms with Crippen LogP contribution < -0.4 is 4.90 Å². The number of halogens is 2. The van der Waals surface area contributed by atoms with Crippen LogP contribution in [0.25, 0.3) is 0 Å². The molecule has 0 spiro atoms. The minimum Gasteiger partial charge on any atom is -0.371 e. The van der Waals surface area contributed by atoms with Crippen LogP contribution in [0.4, 0.5) is 14.5 Å². The van der Waals surface area contributed by atoms with Crippen LogP contribution in [0.15, 0.2) is 18.2 Å². The van der Waals surface area contributed by atoms with Gasteiger partial charge in [0.2, 0.25) is 5.91 Å². The highest BCUT2D eigenvalue weighted by atomic mass is 19.1. The monoisotopic (exact) mass is 336 g/mol. The fraction of sp³-hybridized carbons (Fsp3) is 0.632. The molecule has 0 radical (unpaired) electrons. The molecule has 24 heavy (non-hydrogen) atoms. The summed E-state index contributed by atoms with van der Waals surface area (Å²) in [5.41, 5.74) is 0.568. The largest absolute Gasteiger partial charge is 0.371 e. The van der Waals surface area contributed by atoms with Gasteiger partial charge in [-0.25, -0.2) is 8.78 Å². The lowest BCUT2D eigenvalue weighted by Crippen LogP contribution is -2.51. The molecule has 5 heteroatoms. The van der Waals surface area contributed by atoms with E-state index in [9.17, 15) is 13.6 Å². The fourth-order valence-corrected chi connectivity index (χ4v) is 4.17. The molecular weight excluding hydrogens is 310 g/mol. The number of benzene rings is 1. The Bertz CT molecular complexity index is 569. The van der Waals surface area contributed by atoms with Crippen molar-refractivity contribution in [2.24, 2.45) is 5.92 Å². The van der Waals surface area contributed by atoms with Gasteiger partial charge in [-0.2, -0.15) is 0 Å². The molecule has 2 atom stereocenters. The Labute approximate surface area is 142 Å². The summed E-state index contributed by atoms with van der Waals surface area (Å²) >= 11 is 0. The molecule has 3 nitrogen and oxygen atoms in total. The topological polar surface area (TPSA) is 23.6 Å². The van der Waals surface area contributed by atoms with Crippen LogP contribution in [-0.2, 0) is 4.79 Å². The zero-order valence-corrected chi connectivity index (χ0v) is 14.5. The molecule has 0 N–H and O–H groups in total. The van der Waals surface area contributed by atoms with Gasteiger partial charge < -0.3 is 9.80 Å². The van der Waals surface area contributed by atoms with Gasteiger partial charge in [0.1, 0.15) is 11.6 Å². The van der Waals surface area contributed by atoms with Crippen LogP contribution in [0.3, 0.4) is 0 Å². The first-order chi connectivity index (χ1) is 11.5. The van der Waals surface area contributed by atoms with E-state index in [0.29, 0.717) is 30.9 Å². The number of anilines is 1. The molecule has 1 amide bonds. The molecule has 0 bridgehead atoms. The first-order valence-electron chi connectivity index (χ1n) is 8.99. The number of rotatable bonds is 2. The van der Waals surface area contributed by atoms with E-state index in [-0.39, 0.29) is 11.8 Å². The Morgan fingerprint density at radius 2 is 1.50 bits per heavy atom. The van der Waals surface area contributed by atoms with E-state index in [1.165, 1.54) is 18.6 Å². The van der Waals surface area contributed by atoms with Crippen molar-refractivity contribution >= 4 is 11.6 Å². The zero-order valence-electron chi connectivity index (χ0n) is 14.5. The lowest BCUT2D eigenvalue weighted by Gasteiger charge is -2.42. The Balaban J connectivity index is 1.63. The number of amides is 1. The predicted octanol–water partition coefficient (Wildman–Crippen LogP) is 3.97. The molecule has 2 fully saturated rings. The van der Waals surface area contributed by atoms with Crippen LogP contribution in [-0.4, -0.2) is 36.0 Å². The molecule has 2 unspecified atom stereocenters. The lowest BCUT2D eigenvalue weighted by atomic mass is 9.90. The maximum atomic E-state index is 13.4. The van der Waals surface area contributed by atoms with Crippen LogP contribution in [0.5, 0.6) is 0 Å². The van der Waals surface area contributed by atoms with Crippen molar-refractivity contribution in [3.63, 3.8) is 0 Å². The van der Waals surface area contributed by atoms with Gasteiger partial charge in [-0.1, -0.05) is 0 Å². The highest BCUT2D eigenvalue weighted by Crippen LogP contribution is 2.30. The molecule has 1 aromatic rings. The quantitative estimate of drug-likeness (QED) is 0.816. The van der Waals surface area contributed by atoms with E-state index in [1.807, 2.05) is 4.90 Å². The molecule has 3 rings (SSSR count). The van der Waals surface area contributed by atoms with Crippen molar-refractivity contribution in [3.05, 3.63) is 29.8 Å². The van der Waals surface area contributed by atoms with E-state index < -0.39 is 11.6 Å². The van der Waals surface area contributed by atoms with Crippen molar-refractivity contribution in [1.82, 2.24) is 4.90 Å². The number of carbonyl (C=O) groups is 1. The average Bonchev–Trinajstić information content (AvgIpc) is 2.54. The van der Waals surface area contributed by atoms with Crippen molar-refractivity contribution in [3.8, 4) is 0 Å². The van der Waals surface area contributed by atoms with Gasteiger partial charge in [0, 0.05) is 42.8 Å². The van der Waals surface area contributed by atoms with Gasteiger partial charge in [0.25, 0.3) is 0 Å². The highest BCUT2D eigenvalue weighted by molar-refractivity contribution is 5.80. The van der Waals surface area contributed by atoms with Crippen molar-refractivity contribution in [2.45, 2.75) is 58.0 Å². The summed E-state index contributed by atoms with van der Waals surface area (Å²) in [5.74, 6) is -0.819. The molecule has 132 valence electrons. The fourth-order valence-electron chi connectivity index (χ4n) is 4.17. The number of carbonyl (C=O) groups excluding carboxylic acids is 1. The molecule has 0 aromatic heterocycles. The number of nitrogens with zero attached hydrogens (tertiary/aromatic N) is 2. The van der Waals surface area contributed by atoms with Gasteiger partial charge in [-0.3, -0.25) is 4.79 Å². The second-order valence-corrected chi connectivity index (χ2v) is 7.26. The van der Waals surface area contributed by atoms with Crippen molar-refractivity contribution in [2.75, 3.05) is 18.0 Å². The third-order valence-corrected chi connectivity index (χ3v) is 5.50. The Morgan fingerprint density at radius 1 is 0.958 bits per heavy atom. The molecule has 2 heterocycles. The normalized spacial score (nSPS) is 25.8. The third kappa shape index (κ3) is 3.55. The van der Waals surface area contributed by atoms with E-state index in [4.69, 9.17) is 0 Å². The molecule has 2 saturated heterocycles.